The van der Waals surface area contributed by atoms with Gasteiger partial charge < -0.3 is 4.74 Å². The third-order valence-electron chi connectivity index (χ3n) is 3.30. The first-order chi connectivity index (χ1) is 11.6. The van der Waals surface area contributed by atoms with Crippen molar-refractivity contribution in [1.29, 1.82) is 0 Å². The average molecular weight is 348 g/mol. The van der Waals surface area contributed by atoms with Gasteiger partial charge in [0.05, 0.1) is 5.69 Å². The Bertz CT molecular complexity index is 780. The number of halogens is 2. The highest BCUT2D eigenvalue weighted by Crippen LogP contribution is 2.34. The maximum Gasteiger partial charge on any atom is 0.387 e. The minimum absolute atomic E-state index is 0.0408. The molecule has 0 amide bonds. The second kappa shape index (κ2) is 7.39. The predicted molar refractivity (Wildman–Crippen MR) is 86.5 cm³/mol. The van der Waals surface area contributed by atoms with Gasteiger partial charge >= 0.3 is 6.61 Å². The monoisotopic (exact) mass is 348 g/mol. The Labute approximate surface area is 141 Å². The second-order valence-corrected chi connectivity index (χ2v) is 6.22. The smallest absolute Gasteiger partial charge is 0.387 e. The molecular formula is C16H14F2N4OS. The van der Waals surface area contributed by atoms with Gasteiger partial charge in [-0.1, -0.05) is 42.1 Å². The highest BCUT2D eigenvalue weighted by molar-refractivity contribution is 7.99. The molecular weight excluding hydrogens is 334 g/mol. The Kier molecular flexibility index (Phi) is 5.05. The van der Waals surface area contributed by atoms with E-state index < -0.39 is 6.61 Å². The van der Waals surface area contributed by atoms with Crippen LogP contribution in [0.3, 0.4) is 0 Å². The second-order valence-electron chi connectivity index (χ2n) is 4.92. The van der Waals surface area contributed by atoms with Gasteiger partial charge in [0.25, 0.3) is 0 Å². The fourth-order valence-electron chi connectivity index (χ4n) is 2.13. The normalized spacial score (nSPS) is 12.3. The van der Waals surface area contributed by atoms with Crippen LogP contribution in [0, 0.1) is 0 Å². The Morgan fingerprint density at radius 1 is 1.04 bits per heavy atom. The van der Waals surface area contributed by atoms with Crippen molar-refractivity contribution < 1.29 is 13.5 Å². The molecule has 0 fully saturated rings. The summed E-state index contributed by atoms with van der Waals surface area (Å²) in [5, 5.41) is 12.5. The van der Waals surface area contributed by atoms with E-state index in [0.29, 0.717) is 5.16 Å². The zero-order valence-corrected chi connectivity index (χ0v) is 13.5. The topological polar surface area (TPSA) is 52.8 Å². The molecule has 0 bridgehead atoms. The van der Waals surface area contributed by atoms with E-state index in [-0.39, 0.29) is 11.0 Å². The van der Waals surface area contributed by atoms with Gasteiger partial charge in [-0.3, -0.25) is 0 Å². The van der Waals surface area contributed by atoms with Crippen molar-refractivity contribution in [2.45, 2.75) is 23.9 Å². The lowest BCUT2D eigenvalue weighted by Gasteiger charge is -2.12. The number of tetrazole rings is 1. The molecule has 0 aliphatic heterocycles. The number of para-hydroxylation sites is 1. The molecule has 0 N–H and O–H groups in total. The molecule has 0 saturated carbocycles. The van der Waals surface area contributed by atoms with E-state index in [1.165, 1.54) is 23.9 Å². The van der Waals surface area contributed by atoms with E-state index in [1.807, 2.05) is 37.3 Å². The molecule has 1 aromatic heterocycles. The summed E-state index contributed by atoms with van der Waals surface area (Å²) in [6, 6.07) is 16.2. The maximum absolute atomic E-state index is 12.2. The minimum atomic E-state index is -2.82. The Morgan fingerprint density at radius 2 is 1.75 bits per heavy atom. The number of aromatic nitrogens is 4. The number of benzene rings is 2. The molecule has 0 aliphatic carbocycles. The van der Waals surface area contributed by atoms with E-state index >= 15 is 0 Å². The lowest BCUT2D eigenvalue weighted by Crippen LogP contribution is -2.02. The number of hydrogen-bond donors (Lipinski definition) is 0. The minimum Gasteiger partial charge on any atom is -0.435 e. The summed E-state index contributed by atoms with van der Waals surface area (Å²) in [5.41, 5.74) is 1.84. The molecule has 24 heavy (non-hydrogen) atoms. The van der Waals surface area contributed by atoms with Crippen LogP contribution in [0.1, 0.15) is 17.7 Å². The Balaban J connectivity index is 1.74. The Hall–Kier alpha value is -2.48. The number of rotatable bonds is 6. The van der Waals surface area contributed by atoms with Crippen LogP contribution in [-0.4, -0.2) is 26.8 Å². The zero-order valence-electron chi connectivity index (χ0n) is 12.7. The van der Waals surface area contributed by atoms with Crippen LogP contribution in [0.25, 0.3) is 5.69 Å². The summed E-state index contributed by atoms with van der Waals surface area (Å²) >= 11 is 1.48. The Morgan fingerprint density at radius 3 is 2.42 bits per heavy atom. The molecule has 2 aromatic carbocycles. The van der Waals surface area contributed by atoms with Gasteiger partial charge in [0.15, 0.2) is 0 Å². The summed E-state index contributed by atoms with van der Waals surface area (Å²) in [7, 11) is 0. The standard InChI is InChI=1S/C16H14F2N4OS/c1-11(12-7-9-14(10-8-12)23-15(17)18)24-16-19-20-21-22(16)13-5-3-2-4-6-13/h2-11,15H,1H3. The van der Waals surface area contributed by atoms with Crippen LogP contribution in [0.15, 0.2) is 59.8 Å². The molecule has 124 valence electrons. The van der Waals surface area contributed by atoms with Gasteiger partial charge in [0, 0.05) is 5.25 Å². The van der Waals surface area contributed by atoms with Crippen molar-refractivity contribution in [3.8, 4) is 11.4 Å². The summed E-state index contributed by atoms with van der Waals surface area (Å²) in [4.78, 5) is 0. The first-order valence-corrected chi connectivity index (χ1v) is 8.06. The van der Waals surface area contributed by atoms with E-state index in [9.17, 15) is 8.78 Å². The molecule has 1 atom stereocenters. The summed E-state index contributed by atoms with van der Waals surface area (Å²) in [5.74, 6) is 0.139. The van der Waals surface area contributed by atoms with Crippen molar-refractivity contribution in [3.05, 3.63) is 60.2 Å². The number of thioether (sulfide) groups is 1. The van der Waals surface area contributed by atoms with Crippen LogP contribution in [-0.2, 0) is 0 Å². The lowest BCUT2D eigenvalue weighted by atomic mass is 10.2. The predicted octanol–water partition coefficient (Wildman–Crippen LogP) is 4.12. The summed E-state index contributed by atoms with van der Waals surface area (Å²) in [6.45, 7) is -0.823. The van der Waals surface area contributed by atoms with Gasteiger partial charge in [-0.15, -0.1) is 5.10 Å². The highest BCUT2D eigenvalue weighted by Gasteiger charge is 2.15. The first-order valence-electron chi connectivity index (χ1n) is 7.18. The quantitative estimate of drug-likeness (QED) is 0.627. The largest absolute Gasteiger partial charge is 0.435 e. The lowest BCUT2D eigenvalue weighted by molar-refractivity contribution is -0.0498. The molecule has 0 radical (unpaired) electrons. The van der Waals surface area contributed by atoms with Crippen LogP contribution >= 0.6 is 11.8 Å². The molecule has 0 spiro atoms. The van der Waals surface area contributed by atoms with Crippen molar-refractivity contribution in [1.82, 2.24) is 20.2 Å². The highest BCUT2D eigenvalue weighted by atomic mass is 32.2. The van der Waals surface area contributed by atoms with Crippen LogP contribution in [0.4, 0.5) is 8.78 Å². The summed E-state index contributed by atoms with van der Waals surface area (Å²) < 4.78 is 30.4. The maximum atomic E-state index is 12.2. The van der Waals surface area contributed by atoms with Gasteiger partial charge in [0.2, 0.25) is 5.16 Å². The van der Waals surface area contributed by atoms with Gasteiger partial charge in [-0.25, -0.2) is 0 Å². The number of hydrogen-bond acceptors (Lipinski definition) is 5. The van der Waals surface area contributed by atoms with E-state index in [0.717, 1.165) is 11.3 Å². The van der Waals surface area contributed by atoms with E-state index in [1.54, 1.807) is 16.8 Å². The van der Waals surface area contributed by atoms with Crippen LogP contribution in [0.5, 0.6) is 5.75 Å². The first kappa shape index (κ1) is 16.4. The average Bonchev–Trinajstić information content (AvgIpc) is 3.04. The number of nitrogens with zero attached hydrogens (tertiary/aromatic N) is 4. The fraction of sp³-hybridized carbons (Fsp3) is 0.188. The van der Waals surface area contributed by atoms with Crippen molar-refractivity contribution >= 4 is 11.8 Å². The van der Waals surface area contributed by atoms with Crippen molar-refractivity contribution in [2.75, 3.05) is 0 Å². The molecule has 1 heterocycles. The third-order valence-corrected chi connectivity index (χ3v) is 4.39. The molecule has 3 aromatic rings. The number of alkyl halides is 2. The number of ether oxygens (including phenoxy) is 1. The fourth-order valence-corrected chi connectivity index (χ4v) is 3.06. The zero-order chi connectivity index (χ0) is 16.9. The third kappa shape index (κ3) is 3.88. The van der Waals surface area contributed by atoms with Crippen molar-refractivity contribution in [3.63, 3.8) is 0 Å². The molecule has 3 rings (SSSR count). The van der Waals surface area contributed by atoms with Crippen LogP contribution < -0.4 is 4.74 Å². The van der Waals surface area contributed by atoms with Gasteiger partial charge in [0.1, 0.15) is 5.75 Å². The molecule has 1 unspecified atom stereocenters. The van der Waals surface area contributed by atoms with Gasteiger partial charge in [-0.05, 0) is 47.2 Å². The van der Waals surface area contributed by atoms with Crippen LogP contribution in [0.2, 0.25) is 0 Å². The summed E-state index contributed by atoms with van der Waals surface area (Å²) in [6.07, 6.45) is 0. The molecule has 8 heteroatoms. The SMILES string of the molecule is CC(Sc1nnnn1-c1ccccc1)c1ccc(OC(F)F)cc1. The molecule has 5 nitrogen and oxygen atoms in total. The van der Waals surface area contributed by atoms with Gasteiger partial charge in [-0.2, -0.15) is 13.5 Å². The molecule has 0 saturated heterocycles. The van der Waals surface area contributed by atoms with E-state index in [2.05, 4.69) is 20.3 Å². The van der Waals surface area contributed by atoms with Crippen molar-refractivity contribution in [2.24, 2.45) is 0 Å². The molecule has 0 aliphatic rings. The van der Waals surface area contributed by atoms with E-state index in [4.69, 9.17) is 0 Å².